The number of nitrogens with one attached hydrogen (secondary N) is 1. The van der Waals surface area contributed by atoms with Gasteiger partial charge < -0.3 is 34.1 Å². The minimum atomic E-state index is -1.19. The van der Waals surface area contributed by atoms with E-state index in [0.717, 1.165) is 13.8 Å². The maximum absolute atomic E-state index is 11.8. The summed E-state index contributed by atoms with van der Waals surface area (Å²) in [5.74, 6) is -3.43. The van der Waals surface area contributed by atoms with Gasteiger partial charge in [0, 0.05) is 40.7 Å². The van der Waals surface area contributed by atoms with Crippen molar-refractivity contribution < 1.29 is 52.8 Å². The summed E-state index contributed by atoms with van der Waals surface area (Å²) in [6.07, 6.45) is -3.87. The number of hydrogen-bond acceptors (Lipinski definition) is 10. The molecule has 1 fully saturated rings. The molecule has 12 heteroatoms. The molecule has 0 bridgehead atoms. The SMILES string of the molecule is CC(=O)N[C@@H]1C(OCCCCC(=O)O)OC(COC(C)=O)[C@H](OC(C)=O)[C@@H]1OC(C)=O. The van der Waals surface area contributed by atoms with Crippen LogP contribution < -0.4 is 5.32 Å². The van der Waals surface area contributed by atoms with Crippen LogP contribution in [-0.2, 0) is 47.7 Å². The van der Waals surface area contributed by atoms with Crippen LogP contribution >= 0.6 is 0 Å². The lowest BCUT2D eigenvalue weighted by atomic mass is 9.96. The van der Waals surface area contributed by atoms with Crippen LogP contribution in [0.5, 0.6) is 0 Å². The summed E-state index contributed by atoms with van der Waals surface area (Å²) in [5, 5.41) is 11.3. The van der Waals surface area contributed by atoms with Gasteiger partial charge in [-0.3, -0.25) is 24.0 Å². The maximum Gasteiger partial charge on any atom is 0.303 e. The molecule has 0 radical (unpaired) electrons. The molecule has 1 aliphatic rings. The van der Waals surface area contributed by atoms with Crippen molar-refractivity contribution in [2.75, 3.05) is 13.2 Å². The van der Waals surface area contributed by atoms with E-state index in [1.165, 1.54) is 13.8 Å². The van der Waals surface area contributed by atoms with E-state index in [9.17, 15) is 24.0 Å². The summed E-state index contributed by atoms with van der Waals surface area (Å²) in [6, 6.07) is -1.04. The van der Waals surface area contributed by atoms with Crippen molar-refractivity contribution in [2.24, 2.45) is 0 Å². The first-order valence-electron chi connectivity index (χ1n) is 9.75. The molecule has 0 aliphatic carbocycles. The second-order valence-electron chi connectivity index (χ2n) is 6.94. The van der Waals surface area contributed by atoms with E-state index in [1.807, 2.05) is 0 Å². The van der Waals surface area contributed by atoms with Gasteiger partial charge in [-0.1, -0.05) is 0 Å². The Morgan fingerprint density at radius 1 is 0.903 bits per heavy atom. The fourth-order valence-electron chi connectivity index (χ4n) is 3.01. The molecule has 1 rings (SSSR count). The highest BCUT2D eigenvalue weighted by atomic mass is 16.7. The first-order valence-corrected chi connectivity index (χ1v) is 9.75. The predicted octanol–water partition coefficient (Wildman–Crippen LogP) is -0.0860. The Labute approximate surface area is 179 Å². The zero-order valence-electron chi connectivity index (χ0n) is 18.0. The summed E-state index contributed by atoms with van der Waals surface area (Å²) in [5.41, 5.74) is 0. The number of aliphatic carboxylic acids is 1. The van der Waals surface area contributed by atoms with E-state index in [4.69, 9.17) is 28.8 Å². The molecule has 1 saturated heterocycles. The molecule has 5 atom stereocenters. The standard InChI is InChI=1S/C19H29NO11/c1-10(21)20-16-18(30-13(4)24)17(29-12(3)23)14(9-28-11(2)22)31-19(16)27-8-6-5-7-15(25)26/h14,16-19H,5-9H2,1-4H3,(H,20,21)(H,25,26)/t14?,16-,17-,18+,19?/m0/s1. The average Bonchev–Trinajstić information content (AvgIpc) is 2.62. The van der Waals surface area contributed by atoms with E-state index < -0.39 is 60.4 Å². The number of esters is 3. The van der Waals surface area contributed by atoms with Gasteiger partial charge in [0.25, 0.3) is 0 Å². The van der Waals surface area contributed by atoms with Crippen LogP contribution in [0.1, 0.15) is 47.0 Å². The maximum atomic E-state index is 11.8. The number of carbonyl (C=O) groups is 5. The van der Waals surface area contributed by atoms with Crippen LogP contribution in [0, 0.1) is 0 Å². The molecule has 0 spiro atoms. The topological polar surface area (TPSA) is 164 Å². The summed E-state index contributed by atoms with van der Waals surface area (Å²) in [7, 11) is 0. The van der Waals surface area contributed by atoms with Gasteiger partial charge in [0.05, 0.1) is 0 Å². The van der Waals surface area contributed by atoms with Crippen molar-refractivity contribution >= 4 is 29.8 Å². The Balaban J connectivity index is 3.11. The highest BCUT2D eigenvalue weighted by Crippen LogP contribution is 2.28. The van der Waals surface area contributed by atoms with Crippen LogP contribution in [0.2, 0.25) is 0 Å². The molecule has 12 nitrogen and oxygen atoms in total. The Kier molecular flexibility index (Phi) is 10.9. The monoisotopic (exact) mass is 447 g/mol. The number of carboxylic acid groups (broad SMARTS) is 1. The Morgan fingerprint density at radius 2 is 1.52 bits per heavy atom. The number of amides is 1. The molecule has 1 amide bonds. The summed E-state index contributed by atoms with van der Waals surface area (Å²) < 4.78 is 27.1. The van der Waals surface area contributed by atoms with Gasteiger partial charge in [-0.15, -0.1) is 0 Å². The predicted molar refractivity (Wildman–Crippen MR) is 101 cm³/mol. The third-order valence-electron chi connectivity index (χ3n) is 4.14. The minimum absolute atomic E-state index is 0.0380. The van der Waals surface area contributed by atoms with E-state index >= 15 is 0 Å². The summed E-state index contributed by atoms with van der Waals surface area (Å²) >= 11 is 0. The van der Waals surface area contributed by atoms with Crippen molar-refractivity contribution in [2.45, 2.75) is 77.6 Å². The van der Waals surface area contributed by atoms with Crippen LogP contribution in [0.25, 0.3) is 0 Å². The number of rotatable bonds is 11. The molecular weight excluding hydrogens is 418 g/mol. The van der Waals surface area contributed by atoms with Crippen molar-refractivity contribution in [1.29, 1.82) is 0 Å². The minimum Gasteiger partial charge on any atom is -0.481 e. The lowest BCUT2D eigenvalue weighted by Crippen LogP contribution is -2.66. The van der Waals surface area contributed by atoms with Crippen molar-refractivity contribution in [3.05, 3.63) is 0 Å². The van der Waals surface area contributed by atoms with E-state index in [1.54, 1.807) is 0 Å². The van der Waals surface area contributed by atoms with E-state index in [0.29, 0.717) is 12.8 Å². The van der Waals surface area contributed by atoms with Crippen molar-refractivity contribution in [3.8, 4) is 0 Å². The molecule has 0 aromatic carbocycles. The number of ether oxygens (including phenoxy) is 5. The van der Waals surface area contributed by atoms with Gasteiger partial charge in [0.2, 0.25) is 5.91 Å². The number of carboxylic acids is 1. The van der Waals surface area contributed by atoms with Gasteiger partial charge in [0.15, 0.2) is 18.5 Å². The number of hydrogen-bond donors (Lipinski definition) is 2. The van der Waals surface area contributed by atoms with Crippen LogP contribution in [0.4, 0.5) is 0 Å². The summed E-state index contributed by atoms with van der Waals surface area (Å²) in [4.78, 5) is 57.0. The second-order valence-corrected chi connectivity index (χ2v) is 6.94. The van der Waals surface area contributed by atoms with Gasteiger partial charge in [0.1, 0.15) is 18.8 Å². The van der Waals surface area contributed by atoms with E-state index in [-0.39, 0.29) is 19.6 Å². The Morgan fingerprint density at radius 3 is 2.03 bits per heavy atom. The molecule has 1 heterocycles. The fourth-order valence-corrected chi connectivity index (χ4v) is 3.01. The molecule has 2 unspecified atom stereocenters. The van der Waals surface area contributed by atoms with Crippen LogP contribution in [0.15, 0.2) is 0 Å². The van der Waals surface area contributed by atoms with Gasteiger partial charge >= 0.3 is 23.9 Å². The molecule has 0 aromatic heterocycles. The molecule has 0 aromatic rings. The first kappa shape index (κ1) is 26.3. The largest absolute Gasteiger partial charge is 0.481 e. The molecule has 176 valence electrons. The highest BCUT2D eigenvalue weighted by molar-refractivity contribution is 5.73. The lowest BCUT2D eigenvalue weighted by molar-refractivity contribution is -0.277. The van der Waals surface area contributed by atoms with Gasteiger partial charge in [-0.2, -0.15) is 0 Å². The Bertz CT molecular complexity index is 665. The molecule has 2 N–H and O–H groups in total. The molecule has 0 saturated carbocycles. The third kappa shape index (κ3) is 9.75. The van der Waals surface area contributed by atoms with Crippen molar-refractivity contribution in [1.82, 2.24) is 5.32 Å². The zero-order valence-corrected chi connectivity index (χ0v) is 18.0. The molecule has 1 aliphatic heterocycles. The van der Waals surface area contributed by atoms with Crippen molar-refractivity contribution in [3.63, 3.8) is 0 Å². The van der Waals surface area contributed by atoms with E-state index in [2.05, 4.69) is 5.32 Å². The summed E-state index contributed by atoms with van der Waals surface area (Å²) in [6.45, 7) is 4.47. The molecule has 31 heavy (non-hydrogen) atoms. The smallest absolute Gasteiger partial charge is 0.303 e. The average molecular weight is 447 g/mol. The Hall–Kier alpha value is -2.73. The first-order chi connectivity index (χ1) is 14.5. The lowest BCUT2D eigenvalue weighted by Gasteiger charge is -2.44. The third-order valence-corrected chi connectivity index (χ3v) is 4.14. The van der Waals surface area contributed by atoms with Crippen LogP contribution in [0.3, 0.4) is 0 Å². The molecular formula is C19H29NO11. The van der Waals surface area contributed by atoms with Gasteiger partial charge in [-0.25, -0.2) is 0 Å². The second kappa shape index (κ2) is 12.8. The van der Waals surface area contributed by atoms with Gasteiger partial charge in [-0.05, 0) is 12.8 Å². The number of carbonyl (C=O) groups excluding carboxylic acids is 4. The fraction of sp³-hybridized carbons (Fsp3) is 0.737. The highest BCUT2D eigenvalue weighted by Gasteiger charge is 2.51. The quantitative estimate of drug-likeness (QED) is 0.247. The normalized spacial score (nSPS) is 25.2. The number of unbranched alkanes of at least 4 members (excludes halogenated alkanes) is 1. The zero-order chi connectivity index (χ0) is 23.6. The van der Waals surface area contributed by atoms with Crippen LogP contribution in [-0.4, -0.2) is 78.7 Å².